The van der Waals surface area contributed by atoms with E-state index in [2.05, 4.69) is 16.4 Å². The predicted octanol–water partition coefficient (Wildman–Crippen LogP) is 2.56. The lowest BCUT2D eigenvalue weighted by Gasteiger charge is -2.13. The minimum Gasteiger partial charge on any atom is -0.359 e. The van der Waals surface area contributed by atoms with Gasteiger partial charge in [0.15, 0.2) is 0 Å². The SMILES string of the molecule is N#Cc1cc(F)cc2c(C3=CCCNC3)c[nH]c12. The molecule has 0 atom stereocenters. The van der Waals surface area contributed by atoms with Crippen molar-refractivity contribution in [2.45, 2.75) is 6.42 Å². The van der Waals surface area contributed by atoms with Crippen molar-refractivity contribution in [2.24, 2.45) is 0 Å². The Labute approximate surface area is 104 Å². The summed E-state index contributed by atoms with van der Waals surface area (Å²) in [6.07, 6.45) is 4.99. The molecule has 3 rings (SSSR count). The van der Waals surface area contributed by atoms with Gasteiger partial charge >= 0.3 is 0 Å². The molecule has 1 aromatic heterocycles. The van der Waals surface area contributed by atoms with E-state index in [0.29, 0.717) is 11.1 Å². The van der Waals surface area contributed by atoms with Gasteiger partial charge in [-0.15, -0.1) is 0 Å². The Balaban J connectivity index is 2.23. The molecule has 0 radical (unpaired) electrons. The van der Waals surface area contributed by atoms with Crippen molar-refractivity contribution in [1.82, 2.24) is 10.3 Å². The number of halogens is 1. The van der Waals surface area contributed by atoms with Crippen LogP contribution in [0.2, 0.25) is 0 Å². The lowest BCUT2D eigenvalue weighted by molar-refractivity contribution is 0.629. The van der Waals surface area contributed by atoms with E-state index < -0.39 is 0 Å². The van der Waals surface area contributed by atoms with Crippen LogP contribution >= 0.6 is 0 Å². The van der Waals surface area contributed by atoms with E-state index in [4.69, 9.17) is 5.26 Å². The quantitative estimate of drug-likeness (QED) is 0.806. The van der Waals surface area contributed by atoms with Gasteiger partial charge in [0.1, 0.15) is 11.9 Å². The molecule has 0 aliphatic carbocycles. The summed E-state index contributed by atoms with van der Waals surface area (Å²) in [7, 11) is 0. The number of nitrogens with one attached hydrogen (secondary N) is 2. The average Bonchev–Trinajstić information content (AvgIpc) is 2.82. The zero-order valence-corrected chi connectivity index (χ0v) is 9.76. The third kappa shape index (κ3) is 1.69. The maximum absolute atomic E-state index is 13.5. The maximum Gasteiger partial charge on any atom is 0.125 e. The number of nitriles is 1. The topological polar surface area (TPSA) is 51.6 Å². The number of fused-ring (bicyclic) bond motifs is 1. The summed E-state index contributed by atoms with van der Waals surface area (Å²) in [5, 5.41) is 13.1. The van der Waals surface area contributed by atoms with Gasteiger partial charge in [0.2, 0.25) is 0 Å². The van der Waals surface area contributed by atoms with Crippen LogP contribution in [0.25, 0.3) is 16.5 Å². The van der Waals surface area contributed by atoms with Gasteiger partial charge < -0.3 is 10.3 Å². The summed E-state index contributed by atoms with van der Waals surface area (Å²) in [6, 6.07) is 4.76. The standard InChI is InChI=1S/C14H12FN3/c15-11-4-10(6-16)14-12(5-11)13(8-18-14)9-2-1-3-17-7-9/h2,4-5,8,17-18H,1,3,7H2. The maximum atomic E-state index is 13.5. The van der Waals surface area contributed by atoms with Crippen LogP contribution in [-0.4, -0.2) is 18.1 Å². The second-order valence-electron chi connectivity index (χ2n) is 4.38. The number of rotatable bonds is 1. The second-order valence-corrected chi connectivity index (χ2v) is 4.38. The van der Waals surface area contributed by atoms with Crippen LogP contribution in [0.5, 0.6) is 0 Å². The number of benzene rings is 1. The molecule has 1 aromatic carbocycles. The Hall–Kier alpha value is -2.12. The number of aromatic nitrogens is 1. The Morgan fingerprint density at radius 1 is 1.33 bits per heavy atom. The fourth-order valence-corrected chi connectivity index (χ4v) is 2.40. The molecule has 0 unspecified atom stereocenters. The summed E-state index contributed by atoms with van der Waals surface area (Å²) < 4.78 is 13.5. The summed E-state index contributed by atoms with van der Waals surface area (Å²) in [6.45, 7) is 1.76. The molecule has 0 amide bonds. The molecule has 2 N–H and O–H groups in total. The molecular formula is C14H12FN3. The highest BCUT2D eigenvalue weighted by Crippen LogP contribution is 2.28. The van der Waals surface area contributed by atoms with Crippen molar-refractivity contribution in [1.29, 1.82) is 5.26 Å². The molecule has 2 aromatic rings. The Morgan fingerprint density at radius 2 is 2.22 bits per heavy atom. The van der Waals surface area contributed by atoms with Crippen LogP contribution in [-0.2, 0) is 0 Å². The zero-order valence-electron chi connectivity index (χ0n) is 9.76. The first kappa shape index (κ1) is 11.0. The molecule has 0 saturated carbocycles. The van der Waals surface area contributed by atoms with Crippen LogP contribution in [0.1, 0.15) is 17.5 Å². The van der Waals surface area contributed by atoms with E-state index in [1.165, 1.54) is 12.1 Å². The number of hydrogen-bond acceptors (Lipinski definition) is 2. The van der Waals surface area contributed by atoms with Gasteiger partial charge in [0, 0.05) is 23.7 Å². The lowest BCUT2D eigenvalue weighted by Crippen LogP contribution is -2.21. The van der Waals surface area contributed by atoms with Crippen molar-refractivity contribution in [2.75, 3.05) is 13.1 Å². The van der Waals surface area contributed by atoms with Gasteiger partial charge in [-0.1, -0.05) is 6.08 Å². The van der Waals surface area contributed by atoms with Crippen LogP contribution in [0, 0.1) is 17.1 Å². The zero-order chi connectivity index (χ0) is 12.5. The van der Waals surface area contributed by atoms with Crippen molar-refractivity contribution >= 4 is 16.5 Å². The molecule has 90 valence electrons. The van der Waals surface area contributed by atoms with Crippen LogP contribution in [0.15, 0.2) is 24.4 Å². The van der Waals surface area contributed by atoms with Gasteiger partial charge in [-0.05, 0) is 30.7 Å². The van der Waals surface area contributed by atoms with E-state index in [1.807, 2.05) is 12.3 Å². The Kier molecular flexibility index (Phi) is 2.62. The first-order valence-corrected chi connectivity index (χ1v) is 5.90. The van der Waals surface area contributed by atoms with Crippen LogP contribution < -0.4 is 5.32 Å². The summed E-state index contributed by atoms with van der Waals surface area (Å²) in [5.74, 6) is -0.371. The average molecular weight is 241 g/mol. The van der Waals surface area contributed by atoms with E-state index in [0.717, 1.165) is 36.0 Å². The Bertz CT molecular complexity index is 676. The summed E-state index contributed by atoms with van der Waals surface area (Å²) in [4.78, 5) is 3.07. The molecule has 18 heavy (non-hydrogen) atoms. The van der Waals surface area contributed by atoms with Gasteiger partial charge in [0.05, 0.1) is 11.1 Å². The number of H-pyrrole nitrogens is 1. The molecule has 1 aliphatic heterocycles. The largest absolute Gasteiger partial charge is 0.359 e. The molecule has 1 aliphatic rings. The molecular weight excluding hydrogens is 229 g/mol. The monoisotopic (exact) mass is 241 g/mol. The van der Waals surface area contributed by atoms with Gasteiger partial charge in [-0.25, -0.2) is 4.39 Å². The molecule has 3 nitrogen and oxygen atoms in total. The van der Waals surface area contributed by atoms with Gasteiger partial charge in [-0.2, -0.15) is 5.26 Å². The first-order valence-electron chi connectivity index (χ1n) is 5.90. The summed E-state index contributed by atoms with van der Waals surface area (Å²) >= 11 is 0. The highest BCUT2D eigenvalue weighted by Gasteiger charge is 2.14. The van der Waals surface area contributed by atoms with Crippen LogP contribution in [0.3, 0.4) is 0 Å². The van der Waals surface area contributed by atoms with Crippen molar-refractivity contribution < 1.29 is 4.39 Å². The van der Waals surface area contributed by atoms with Crippen molar-refractivity contribution in [3.8, 4) is 6.07 Å². The summed E-state index contributed by atoms with van der Waals surface area (Å²) in [5.41, 5.74) is 3.19. The lowest BCUT2D eigenvalue weighted by atomic mass is 10.0. The number of nitrogens with zero attached hydrogens (tertiary/aromatic N) is 1. The van der Waals surface area contributed by atoms with E-state index >= 15 is 0 Å². The van der Waals surface area contributed by atoms with Gasteiger partial charge in [-0.3, -0.25) is 0 Å². The number of hydrogen-bond donors (Lipinski definition) is 2. The normalized spacial score (nSPS) is 15.4. The molecule has 0 bridgehead atoms. The predicted molar refractivity (Wildman–Crippen MR) is 68.4 cm³/mol. The Morgan fingerprint density at radius 3 is 2.94 bits per heavy atom. The fourth-order valence-electron chi connectivity index (χ4n) is 2.40. The van der Waals surface area contributed by atoms with E-state index in [-0.39, 0.29) is 5.82 Å². The van der Waals surface area contributed by atoms with Crippen molar-refractivity contribution in [3.05, 3.63) is 41.3 Å². The number of aromatic amines is 1. The van der Waals surface area contributed by atoms with Crippen LogP contribution in [0.4, 0.5) is 4.39 Å². The fraction of sp³-hybridized carbons (Fsp3) is 0.214. The van der Waals surface area contributed by atoms with E-state index in [9.17, 15) is 4.39 Å². The first-order chi connectivity index (χ1) is 8.79. The molecule has 4 heteroatoms. The molecule has 0 spiro atoms. The third-order valence-electron chi connectivity index (χ3n) is 3.25. The minimum atomic E-state index is -0.371. The molecule has 0 fully saturated rings. The molecule has 0 saturated heterocycles. The minimum absolute atomic E-state index is 0.348. The second kappa shape index (κ2) is 4.28. The smallest absolute Gasteiger partial charge is 0.125 e. The molecule has 2 heterocycles. The highest BCUT2D eigenvalue weighted by molar-refractivity contribution is 5.95. The van der Waals surface area contributed by atoms with Gasteiger partial charge in [0.25, 0.3) is 0 Å². The van der Waals surface area contributed by atoms with Crippen molar-refractivity contribution in [3.63, 3.8) is 0 Å². The highest BCUT2D eigenvalue weighted by atomic mass is 19.1. The van der Waals surface area contributed by atoms with E-state index in [1.54, 1.807) is 0 Å². The third-order valence-corrected chi connectivity index (χ3v) is 3.25.